The minimum Gasteiger partial charge on any atom is -0.479 e. The average molecular weight is 381 g/mol. The number of benzene rings is 2. The normalized spacial score (nSPS) is 15.1. The molecule has 0 aromatic heterocycles. The summed E-state index contributed by atoms with van der Waals surface area (Å²) in [7, 11) is 0. The molecule has 1 heterocycles. The molecular weight excluding hydrogens is 354 g/mol. The number of hydrogen-bond donors (Lipinski definition) is 5. The molecule has 2 aromatic carbocycles. The molecule has 0 saturated carbocycles. The van der Waals surface area contributed by atoms with Crippen molar-refractivity contribution in [2.75, 3.05) is 36.4 Å². The number of nitrogens with one attached hydrogen (secondary N) is 3. The lowest BCUT2D eigenvalue weighted by molar-refractivity contribution is -0.138. The second-order valence-corrected chi connectivity index (χ2v) is 6.93. The van der Waals surface area contributed by atoms with Gasteiger partial charge in [0, 0.05) is 43.1 Å². The van der Waals surface area contributed by atoms with Gasteiger partial charge in [-0.05, 0) is 53.9 Å². The Balaban J connectivity index is 1.90. The van der Waals surface area contributed by atoms with Gasteiger partial charge in [0.15, 0.2) is 6.04 Å². The SMILES string of the molecule is CCc1cc(C(Nc2ccc(C(=N)N)cc2)C(=O)O)cc(N2CCNCC2)c1. The topological polar surface area (TPSA) is 114 Å². The van der Waals surface area contributed by atoms with Crippen molar-refractivity contribution in [1.29, 1.82) is 5.41 Å². The number of nitrogens with two attached hydrogens (primary N) is 1. The van der Waals surface area contributed by atoms with Gasteiger partial charge in [-0.3, -0.25) is 5.41 Å². The molecule has 0 amide bonds. The quantitative estimate of drug-likeness (QED) is 0.371. The van der Waals surface area contributed by atoms with Crippen LogP contribution in [0.5, 0.6) is 0 Å². The highest BCUT2D eigenvalue weighted by molar-refractivity contribution is 5.95. The zero-order chi connectivity index (χ0) is 20.1. The molecule has 0 radical (unpaired) electrons. The van der Waals surface area contributed by atoms with Crippen LogP contribution in [0.25, 0.3) is 0 Å². The standard InChI is InChI=1S/C21H27N5O2/c1-2-14-11-16(13-18(12-14)26-9-7-24-8-10-26)19(21(27)28)25-17-5-3-15(4-6-17)20(22)23/h3-6,11-13,19,24-25H,2,7-10H2,1H3,(H3,22,23)(H,27,28). The molecule has 28 heavy (non-hydrogen) atoms. The van der Waals surface area contributed by atoms with Gasteiger partial charge < -0.3 is 26.4 Å². The molecule has 1 aliphatic heterocycles. The van der Waals surface area contributed by atoms with Crippen molar-refractivity contribution in [2.45, 2.75) is 19.4 Å². The van der Waals surface area contributed by atoms with E-state index < -0.39 is 12.0 Å². The first-order chi connectivity index (χ1) is 13.5. The van der Waals surface area contributed by atoms with Gasteiger partial charge in [0.2, 0.25) is 0 Å². The Morgan fingerprint density at radius 3 is 2.50 bits per heavy atom. The average Bonchev–Trinajstić information content (AvgIpc) is 2.72. The molecule has 0 bridgehead atoms. The van der Waals surface area contributed by atoms with Crippen molar-refractivity contribution in [3.63, 3.8) is 0 Å². The van der Waals surface area contributed by atoms with Crippen LogP contribution in [-0.4, -0.2) is 43.1 Å². The van der Waals surface area contributed by atoms with E-state index in [1.165, 1.54) is 0 Å². The molecular formula is C21H27N5O2. The Hall–Kier alpha value is -3.06. The first-order valence-corrected chi connectivity index (χ1v) is 9.51. The summed E-state index contributed by atoms with van der Waals surface area (Å²) < 4.78 is 0. The van der Waals surface area contributed by atoms with Gasteiger partial charge in [-0.15, -0.1) is 0 Å². The predicted octanol–water partition coefficient (Wildman–Crippen LogP) is 2.18. The summed E-state index contributed by atoms with van der Waals surface area (Å²) in [6, 6.07) is 12.1. The molecule has 1 saturated heterocycles. The van der Waals surface area contributed by atoms with E-state index in [0.29, 0.717) is 11.3 Å². The third kappa shape index (κ3) is 4.61. The molecule has 7 heteroatoms. The van der Waals surface area contributed by atoms with Crippen LogP contribution in [0.15, 0.2) is 42.5 Å². The summed E-state index contributed by atoms with van der Waals surface area (Å²) in [5.74, 6) is -0.951. The van der Waals surface area contributed by atoms with Crippen molar-refractivity contribution in [2.24, 2.45) is 5.73 Å². The van der Waals surface area contributed by atoms with Crippen LogP contribution in [0.4, 0.5) is 11.4 Å². The summed E-state index contributed by atoms with van der Waals surface area (Å²) in [4.78, 5) is 14.3. The maximum atomic E-state index is 12.0. The second-order valence-electron chi connectivity index (χ2n) is 6.93. The third-order valence-corrected chi connectivity index (χ3v) is 4.98. The summed E-state index contributed by atoms with van der Waals surface area (Å²) in [5.41, 5.74) is 9.67. The van der Waals surface area contributed by atoms with Crippen molar-refractivity contribution in [3.8, 4) is 0 Å². The molecule has 148 valence electrons. The molecule has 0 aliphatic carbocycles. The van der Waals surface area contributed by atoms with E-state index in [4.69, 9.17) is 11.1 Å². The Kier molecular flexibility index (Phi) is 6.16. The largest absolute Gasteiger partial charge is 0.479 e. The number of nitrogens with zero attached hydrogens (tertiary/aromatic N) is 1. The molecule has 1 fully saturated rings. The highest BCUT2D eigenvalue weighted by Crippen LogP contribution is 2.27. The molecule has 1 atom stereocenters. The van der Waals surface area contributed by atoms with Crippen molar-refractivity contribution < 1.29 is 9.90 Å². The first-order valence-electron chi connectivity index (χ1n) is 9.51. The lowest BCUT2D eigenvalue weighted by atomic mass is 10.00. The summed E-state index contributed by atoms with van der Waals surface area (Å²) >= 11 is 0. The highest BCUT2D eigenvalue weighted by Gasteiger charge is 2.22. The van der Waals surface area contributed by atoms with Crippen LogP contribution in [0.3, 0.4) is 0 Å². The Labute approximate surface area is 165 Å². The van der Waals surface area contributed by atoms with Crippen LogP contribution in [0.1, 0.15) is 29.7 Å². The van der Waals surface area contributed by atoms with Crippen LogP contribution < -0.4 is 21.3 Å². The van der Waals surface area contributed by atoms with Crippen LogP contribution in [0, 0.1) is 5.41 Å². The summed E-state index contributed by atoms with van der Waals surface area (Å²) in [5, 5.41) is 23.8. The number of carbonyl (C=O) groups is 1. The zero-order valence-corrected chi connectivity index (χ0v) is 16.0. The fraction of sp³-hybridized carbons (Fsp3) is 0.333. The van der Waals surface area contributed by atoms with Gasteiger partial charge in [0.1, 0.15) is 5.84 Å². The number of nitrogen functional groups attached to an aromatic ring is 1. The van der Waals surface area contributed by atoms with Gasteiger partial charge in [0.05, 0.1) is 0 Å². The minimum atomic E-state index is -0.935. The number of anilines is 2. The maximum absolute atomic E-state index is 12.0. The van der Waals surface area contributed by atoms with E-state index in [9.17, 15) is 9.90 Å². The smallest absolute Gasteiger partial charge is 0.330 e. The van der Waals surface area contributed by atoms with Crippen molar-refractivity contribution in [1.82, 2.24) is 5.32 Å². The van der Waals surface area contributed by atoms with Gasteiger partial charge >= 0.3 is 5.97 Å². The monoisotopic (exact) mass is 381 g/mol. The van der Waals surface area contributed by atoms with Gasteiger partial charge in [-0.2, -0.15) is 0 Å². The van der Waals surface area contributed by atoms with Gasteiger partial charge in [-0.1, -0.05) is 13.0 Å². The second kappa shape index (κ2) is 8.75. The number of aliphatic carboxylic acids is 1. The van der Waals surface area contributed by atoms with Crippen molar-refractivity contribution in [3.05, 3.63) is 59.2 Å². The number of carboxylic acids is 1. The third-order valence-electron chi connectivity index (χ3n) is 4.98. The van der Waals surface area contributed by atoms with E-state index in [1.54, 1.807) is 24.3 Å². The molecule has 2 aromatic rings. The molecule has 1 unspecified atom stereocenters. The number of amidine groups is 1. The number of rotatable bonds is 7. The van der Waals surface area contributed by atoms with E-state index in [0.717, 1.165) is 49.4 Å². The number of hydrogen-bond acceptors (Lipinski definition) is 5. The summed E-state index contributed by atoms with van der Waals surface area (Å²) in [6.07, 6.45) is 0.840. The van der Waals surface area contributed by atoms with E-state index in [-0.39, 0.29) is 5.84 Å². The zero-order valence-electron chi connectivity index (χ0n) is 16.0. The fourth-order valence-electron chi connectivity index (χ4n) is 3.38. The van der Waals surface area contributed by atoms with E-state index >= 15 is 0 Å². The molecule has 7 nitrogen and oxygen atoms in total. The molecule has 1 aliphatic rings. The Morgan fingerprint density at radius 1 is 1.25 bits per heavy atom. The fourth-order valence-corrected chi connectivity index (χ4v) is 3.38. The highest BCUT2D eigenvalue weighted by atomic mass is 16.4. The molecule has 6 N–H and O–H groups in total. The maximum Gasteiger partial charge on any atom is 0.330 e. The summed E-state index contributed by atoms with van der Waals surface area (Å²) in [6.45, 7) is 5.74. The lowest BCUT2D eigenvalue weighted by Crippen LogP contribution is -2.43. The Bertz CT molecular complexity index is 844. The minimum absolute atomic E-state index is 0.0161. The van der Waals surface area contributed by atoms with Gasteiger partial charge in [-0.25, -0.2) is 4.79 Å². The molecule has 3 rings (SSSR count). The Morgan fingerprint density at radius 2 is 1.93 bits per heavy atom. The van der Waals surface area contributed by atoms with E-state index in [2.05, 4.69) is 28.5 Å². The van der Waals surface area contributed by atoms with Crippen LogP contribution in [-0.2, 0) is 11.2 Å². The first kappa shape index (κ1) is 19.7. The van der Waals surface area contributed by atoms with Crippen LogP contribution >= 0.6 is 0 Å². The molecule has 0 spiro atoms. The lowest BCUT2D eigenvalue weighted by Gasteiger charge is -2.30. The predicted molar refractivity (Wildman–Crippen MR) is 112 cm³/mol. The van der Waals surface area contributed by atoms with Crippen LogP contribution in [0.2, 0.25) is 0 Å². The van der Waals surface area contributed by atoms with E-state index in [1.807, 2.05) is 12.1 Å². The number of piperazine rings is 1. The van der Waals surface area contributed by atoms with Crippen molar-refractivity contribution >= 4 is 23.2 Å². The van der Waals surface area contributed by atoms with Gasteiger partial charge in [0.25, 0.3) is 0 Å². The number of aryl methyl sites for hydroxylation is 1. The number of carboxylic acid groups (broad SMARTS) is 1.